The lowest BCUT2D eigenvalue weighted by Gasteiger charge is -2.27. The fourth-order valence-electron chi connectivity index (χ4n) is 3.90. The highest BCUT2D eigenvalue weighted by Crippen LogP contribution is 2.33. The quantitative estimate of drug-likeness (QED) is 0.886. The number of hydrogen-bond acceptors (Lipinski definition) is 3. The van der Waals surface area contributed by atoms with Crippen molar-refractivity contribution < 1.29 is 0 Å². The predicted octanol–water partition coefficient (Wildman–Crippen LogP) is 3.96. The first-order valence-corrected chi connectivity index (χ1v) is 8.34. The average Bonchev–Trinajstić information content (AvgIpc) is 2.48. The summed E-state index contributed by atoms with van der Waals surface area (Å²) in [6, 6.07) is 0.476. The summed E-state index contributed by atoms with van der Waals surface area (Å²) in [5.74, 6) is 1.72. The van der Waals surface area contributed by atoms with Crippen LogP contribution < -0.4 is 5.32 Å². The predicted molar refractivity (Wildman–Crippen MR) is 81.9 cm³/mol. The minimum atomic E-state index is 0.476. The summed E-state index contributed by atoms with van der Waals surface area (Å²) in [4.78, 5) is 9.76. The minimum Gasteiger partial charge on any atom is -0.310 e. The molecule has 1 aromatic heterocycles. The first-order chi connectivity index (χ1) is 9.75. The maximum Gasteiger partial charge on any atom is 0.131 e. The summed E-state index contributed by atoms with van der Waals surface area (Å²) in [5.41, 5.74) is 3.78. The lowest BCUT2D eigenvalue weighted by atomic mass is 9.88. The van der Waals surface area contributed by atoms with Crippen molar-refractivity contribution in [2.45, 2.75) is 77.2 Å². The molecule has 2 fully saturated rings. The Labute approximate surface area is 122 Å². The van der Waals surface area contributed by atoms with Gasteiger partial charge in [0, 0.05) is 28.9 Å². The molecule has 1 saturated heterocycles. The molecule has 1 atom stereocenters. The molecule has 0 spiro atoms. The van der Waals surface area contributed by atoms with Crippen LogP contribution in [0, 0.1) is 13.8 Å². The van der Waals surface area contributed by atoms with E-state index < -0.39 is 0 Å². The van der Waals surface area contributed by atoms with Gasteiger partial charge in [-0.05, 0) is 46.1 Å². The molecule has 3 heteroatoms. The number of aromatic nitrogens is 2. The van der Waals surface area contributed by atoms with Gasteiger partial charge in [-0.3, -0.25) is 0 Å². The van der Waals surface area contributed by atoms with Gasteiger partial charge < -0.3 is 5.32 Å². The van der Waals surface area contributed by atoms with E-state index in [0.29, 0.717) is 12.0 Å². The van der Waals surface area contributed by atoms with Gasteiger partial charge in [-0.2, -0.15) is 0 Å². The van der Waals surface area contributed by atoms with E-state index >= 15 is 0 Å². The van der Waals surface area contributed by atoms with Crippen LogP contribution in [0.15, 0.2) is 0 Å². The van der Waals surface area contributed by atoms with E-state index in [2.05, 4.69) is 19.2 Å². The van der Waals surface area contributed by atoms with Gasteiger partial charge in [0.2, 0.25) is 0 Å². The molecule has 1 N–H and O–H groups in total. The number of hydrogen-bond donors (Lipinski definition) is 1. The van der Waals surface area contributed by atoms with Crippen molar-refractivity contribution in [1.29, 1.82) is 0 Å². The third kappa shape index (κ3) is 2.88. The summed E-state index contributed by atoms with van der Waals surface area (Å²) in [5, 5.41) is 3.64. The van der Waals surface area contributed by atoms with E-state index in [9.17, 15) is 0 Å². The van der Waals surface area contributed by atoms with Crippen molar-refractivity contribution in [2.24, 2.45) is 0 Å². The molecule has 3 nitrogen and oxygen atoms in total. The van der Waals surface area contributed by atoms with Gasteiger partial charge in [0.05, 0.1) is 0 Å². The highest BCUT2D eigenvalue weighted by atomic mass is 15.0. The summed E-state index contributed by atoms with van der Waals surface area (Å²) in [6.45, 7) is 5.48. The van der Waals surface area contributed by atoms with Crippen LogP contribution in [0.3, 0.4) is 0 Å². The maximum absolute atomic E-state index is 4.88. The second-order valence-corrected chi connectivity index (χ2v) is 6.50. The van der Waals surface area contributed by atoms with Crippen LogP contribution in [0.2, 0.25) is 0 Å². The van der Waals surface area contributed by atoms with Crippen LogP contribution in [0.4, 0.5) is 0 Å². The monoisotopic (exact) mass is 273 g/mol. The standard InChI is InChI=1S/C17H27N3/c1-12-16(15-10-6-7-11-18-15)13(2)20-17(19-12)14-8-4-3-5-9-14/h14-15,18H,3-11H2,1-2H3. The highest BCUT2D eigenvalue weighted by molar-refractivity contribution is 5.29. The minimum absolute atomic E-state index is 0.476. The van der Waals surface area contributed by atoms with Gasteiger partial charge in [-0.15, -0.1) is 0 Å². The lowest BCUT2D eigenvalue weighted by Crippen LogP contribution is -2.29. The number of nitrogens with zero attached hydrogens (tertiary/aromatic N) is 2. The molecule has 0 amide bonds. The second kappa shape index (κ2) is 6.21. The first kappa shape index (κ1) is 14.0. The molecule has 1 aromatic rings. The van der Waals surface area contributed by atoms with Gasteiger partial charge in [0.1, 0.15) is 5.82 Å². The van der Waals surface area contributed by atoms with E-state index in [1.165, 1.54) is 68.3 Å². The van der Waals surface area contributed by atoms with Crippen LogP contribution >= 0.6 is 0 Å². The van der Waals surface area contributed by atoms with Gasteiger partial charge in [-0.1, -0.05) is 25.7 Å². The van der Waals surface area contributed by atoms with Crippen LogP contribution in [-0.4, -0.2) is 16.5 Å². The Morgan fingerprint density at radius 2 is 1.50 bits per heavy atom. The van der Waals surface area contributed by atoms with Crippen molar-refractivity contribution in [3.05, 3.63) is 22.8 Å². The zero-order chi connectivity index (χ0) is 13.9. The van der Waals surface area contributed by atoms with Crippen LogP contribution in [0.25, 0.3) is 0 Å². The van der Waals surface area contributed by atoms with Crippen LogP contribution in [-0.2, 0) is 0 Å². The topological polar surface area (TPSA) is 37.8 Å². The zero-order valence-corrected chi connectivity index (χ0v) is 12.9. The number of nitrogens with one attached hydrogen (secondary N) is 1. The van der Waals surface area contributed by atoms with Crippen LogP contribution in [0.5, 0.6) is 0 Å². The van der Waals surface area contributed by atoms with Crippen molar-refractivity contribution in [2.75, 3.05) is 6.54 Å². The van der Waals surface area contributed by atoms with Crippen molar-refractivity contribution in [1.82, 2.24) is 15.3 Å². The summed E-state index contributed by atoms with van der Waals surface area (Å²) in [6.07, 6.45) is 10.5. The van der Waals surface area contributed by atoms with E-state index in [1.807, 2.05) is 0 Å². The Balaban J connectivity index is 1.85. The molecular weight excluding hydrogens is 246 g/mol. The SMILES string of the molecule is Cc1nc(C2CCCCC2)nc(C)c1C1CCCCN1. The van der Waals surface area contributed by atoms with E-state index in [1.54, 1.807) is 0 Å². The first-order valence-electron chi connectivity index (χ1n) is 8.34. The van der Waals surface area contributed by atoms with Crippen molar-refractivity contribution >= 4 is 0 Å². The van der Waals surface area contributed by atoms with Gasteiger partial charge in [0.25, 0.3) is 0 Å². The van der Waals surface area contributed by atoms with Crippen molar-refractivity contribution in [3.63, 3.8) is 0 Å². The van der Waals surface area contributed by atoms with E-state index in [-0.39, 0.29) is 0 Å². The van der Waals surface area contributed by atoms with Crippen LogP contribution in [0.1, 0.15) is 86.1 Å². The third-order valence-electron chi connectivity index (χ3n) is 4.97. The third-order valence-corrected chi connectivity index (χ3v) is 4.97. The molecular formula is C17H27N3. The highest BCUT2D eigenvalue weighted by Gasteiger charge is 2.24. The molecule has 1 aliphatic heterocycles. The van der Waals surface area contributed by atoms with Crippen molar-refractivity contribution in [3.8, 4) is 0 Å². The molecule has 2 heterocycles. The fraction of sp³-hybridized carbons (Fsp3) is 0.765. The Morgan fingerprint density at radius 3 is 2.10 bits per heavy atom. The molecule has 1 unspecified atom stereocenters. The normalized spacial score (nSPS) is 24.8. The summed E-state index contributed by atoms with van der Waals surface area (Å²) < 4.78 is 0. The zero-order valence-electron chi connectivity index (χ0n) is 12.9. The average molecular weight is 273 g/mol. The summed E-state index contributed by atoms with van der Waals surface area (Å²) >= 11 is 0. The molecule has 3 rings (SSSR count). The molecule has 20 heavy (non-hydrogen) atoms. The molecule has 1 aliphatic carbocycles. The maximum atomic E-state index is 4.88. The smallest absolute Gasteiger partial charge is 0.131 e. The number of aryl methyl sites for hydroxylation is 2. The van der Waals surface area contributed by atoms with Gasteiger partial charge in [0.15, 0.2) is 0 Å². The largest absolute Gasteiger partial charge is 0.310 e. The molecule has 2 aliphatic rings. The van der Waals surface area contributed by atoms with E-state index in [0.717, 1.165) is 12.4 Å². The molecule has 110 valence electrons. The molecule has 0 bridgehead atoms. The Bertz CT molecular complexity index is 434. The van der Waals surface area contributed by atoms with Gasteiger partial charge in [-0.25, -0.2) is 9.97 Å². The number of rotatable bonds is 2. The Kier molecular flexibility index (Phi) is 4.35. The van der Waals surface area contributed by atoms with E-state index in [4.69, 9.17) is 9.97 Å². The molecule has 0 aromatic carbocycles. The lowest BCUT2D eigenvalue weighted by molar-refractivity contribution is 0.402. The second-order valence-electron chi connectivity index (χ2n) is 6.50. The van der Waals surface area contributed by atoms with Gasteiger partial charge >= 0.3 is 0 Å². The summed E-state index contributed by atoms with van der Waals surface area (Å²) in [7, 11) is 0. The fourth-order valence-corrected chi connectivity index (χ4v) is 3.90. The Hall–Kier alpha value is -0.960. The Morgan fingerprint density at radius 1 is 0.850 bits per heavy atom. The molecule has 0 radical (unpaired) electrons. The number of piperidine rings is 1. The molecule has 1 saturated carbocycles.